The van der Waals surface area contributed by atoms with Gasteiger partial charge in [-0.25, -0.2) is 0 Å². The molecular formula is C13H18F3N3O2. The minimum Gasteiger partial charge on any atom is -0.393 e. The third-order valence-corrected chi connectivity index (χ3v) is 3.83. The summed E-state index contributed by atoms with van der Waals surface area (Å²) >= 11 is 0. The van der Waals surface area contributed by atoms with Crippen molar-refractivity contribution in [3.8, 4) is 0 Å². The molecule has 0 aromatic carbocycles. The fraction of sp³-hybridized carbons (Fsp3) is 0.692. The lowest BCUT2D eigenvalue weighted by molar-refractivity contribution is -0.144. The highest BCUT2D eigenvalue weighted by atomic mass is 19.4. The van der Waals surface area contributed by atoms with E-state index in [-0.39, 0.29) is 19.0 Å². The number of nitrogens with zero attached hydrogens (tertiary/aromatic N) is 3. The van der Waals surface area contributed by atoms with E-state index in [0.29, 0.717) is 13.0 Å². The van der Waals surface area contributed by atoms with E-state index in [0.717, 1.165) is 10.9 Å². The van der Waals surface area contributed by atoms with Crippen LogP contribution in [0.4, 0.5) is 13.2 Å². The first-order valence-electron chi connectivity index (χ1n) is 6.86. The maximum absolute atomic E-state index is 13.1. The van der Waals surface area contributed by atoms with Crippen LogP contribution >= 0.6 is 0 Å². The van der Waals surface area contributed by atoms with E-state index < -0.39 is 29.4 Å². The van der Waals surface area contributed by atoms with E-state index in [1.807, 2.05) is 0 Å². The zero-order valence-corrected chi connectivity index (χ0v) is 11.9. The normalized spacial score (nSPS) is 20.9. The summed E-state index contributed by atoms with van der Waals surface area (Å²) in [6.45, 7) is 3.82. The van der Waals surface area contributed by atoms with Gasteiger partial charge >= 0.3 is 6.18 Å². The Labute approximate surface area is 120 Å². The van der Waals surface area contributed by atoms with Gasteiger partial charge in [-0.3, -0.25) is 9.48 Å². The van der Waals surface area contributed by atoms with Crippen molar-refractivity contribution in [2.45, 2.75) is 39.1 Å². The Bertz CT molecular complexity index is 525. The lowest BCUT2D eigenvalue weighted by Gasteiger charge is -2.18. The first-order chi connectivity index (χ1) is 9.75. The smallest absolute Gasteiger partial charge is 0.393 e. The maximum Gasteiger partial charge on any atom is 0.433 e. The van der Waals surface area contributed by atoms with Crippen molar-refractivity contribution in [2.24, 2.45) is 5.92 Å². The number of amides is 1. The molecule has 1 fully saturated rings. The van der Waals surface area contributed by atoms with Gasteiger partial charge < -0.3 is 10.0 Å². The summed E-state index contributed by atoms with van der Waals surface area (Å²) in [5.41, 5.74) is -1.42. The summed E-state index contributed by atoms with van der Waals surface area (Å²) in [6.07, 6.45) is -3.64. The molecule has 21 heavy (non-hydrogen) atoms. The number of hydrogen-bond donors (Lipinski definition) is 1. The first-order valence-corrected chi connectivity index (χ1v) is 6.86. The molecule has 8 heteroatoms. The molecule has 0 saturated carbocycles. The Hall–Kier alpha value is -1.57. The topological polar surface area (TPSA) is 58.4 Å². The van der Waals surface area contributed by atoms with Gasteiger partial charge in [-0.15, -0.1) is 0 Å². The van der Waals surface area contributed by atoms with Gasteiger partial charge in [0.15, 0.2) is 5.69 Å². The minimum absolute atomic E-state index is 0.0401. The van der Waals surface area contributed by atoms with Crippen LogP contribution in [0.3, 0.4) is 0 Å². The van der Waals surface area contributed by atoms with Crippen LogP contribution in [-0.2, 0) is 12.7 Å². The lowest BCUT2D eigenvalue weighted by atomic mass is 10.0. The molecule has 1 saturated heterocycles. The average Bonchev–Trinajstić information content (AvgIpc) is 3.03. The largest absolute Gasteiger partial charge is 0.433 e. The molecule has 0 bridgehead atoms. The fourth-order valence-corrected chi connectivity index (χ4v) is 2.62. The second kappa shape index (κ2) is 5.67. The Kier molecular flexibility index (Phi) is 4.27. The van der Waals surface area contributed by atoms with Crippen LogP contribution in [0.1, 0.15) is 36.3 Å². The number of aromatic nitrogens is 2. The Morgan fingerprint density at radius 1 is 1.57 bits per heavy atom. The predicted molar refractivity (Wildman–Crippen MR) is 68.6 cm³/mol. The number of aryl methyl sites for hydroxylation is 1. The van der Waals surface area contributed by atoms with Gasteiger partial charge in [0.1, 0.15) is 0 Å². The zero-order chi connectivity index (χ0) is 15.8. The number of carbonyl (C=O) groups excluding carboxylic acids is 1. The Balaban J connectivity index is 2.27. The third kappa shape index (κ3) is 3.04. The van der Waals surface area contributed by atoms with Crippen LogP contribution in [0, 0.1) is 5.92 Å². The van der Waals surface area contributed by atoms with Gasteiger partial charge in [-0.1, -0.05) is 0 Å². The van der Waals surface area contributed by atoms with Gasteiger partial charge in [0.05, 0.1) is 17.9 Å². The number of likely N-dealkylation sites (tertiary alicyclic amines) is 1. The summed E-state index contributed by atoms with van der Waals surface area (Å²) in [5.74, 6) is -0.769. The molecule has 2 unspecified atom stereocenters. The van der Waals surface area contributed by atoms with Gasteiger partial charge in [0.2, 0.25) is 0 Å². The predicted octanol–water partition coefficient (Wildman–Crippen LogP) is 1.76. The molecule has 2 atom stereocenters. The molecule has 0 spiro atoms. The van der Waals surface area contributed by atoms with Crippen molar-refractivity contribution in [1.82, 2.24) is 14.7 Å². The number of aliphatic hydroxyl groups excluding tert-OH is 1. The summed E-state index contributed by atoms with van der Waals surface area (Å²) in [4.78, 5) is 13.7. The number of rotatable bonds is 3. The maximum atomic E-state index is 13.1. The molecule has 2 heterocycles. The van der Waals surface area contributed by atoms with Crippen molar-refractivity contribution < 1.29 is 23.1 Å². The molecule has 1 aliphatic rings. The van der Waals surface area contributed by atoms with Gasteiger partial charge in [0.25, 0.3) is 5.91 Å². The molecule has 2 rings (SSSR count). The highest BCUT2D eigenvalue weighted by molar-refractivity contribution is 5.95. The van der Waals surface area contributed by atoms with Crippen LogP contribution in [0.25, 0.3) is 0 Å². The number of hydrogen-bond acceptors (Lipinski definition) is 3. The molecule has 1 N–H and O–H groups in total. The minimum atomic E-state index is -4.62. The number of carbonyl (C=O) groups is 1. The van der Waals surface area contributed by atoms with Crippen molar-refractivity contribution >= 4 is 5.91 Å². The molecule has 1 aliphatic heterocycles. The van der Waals surface area contributed by atoms with Crippen LogP contribution in [-0.4, -0.2) is 44.9 Å². The molecule has 5 nitrogen and oxygen atoms in total. The molecule has 1 aromatic heterocycles. The second-order valence-electron chi connectivity index (χ2n) is 5.26. The molecule has 1 aromatic rings. The molecule has 0 aliphatic carbocycles. The molecule has 0 radical (unpaired) electrons. The van der Waals surface area contributed by atoms with Crippen molar-refractivity contribution in [3.05, 3.63) is 17.5 Å². The standard InChI is InChI=1S/C13H18F3N3O2/c1-3-19-11(13(14,15)16)10(6-17-19)12(21)18-5-4-9(7-18)8(2)20/h6,8-9,20H,3-5,7H2,1-2H3. The Morgan fingerprint density at radius 2 is 2.24 bits per heavy atom. The van der Waals surface area contributed by atoms with E-state index in [1.54, 1.807) is 6.92 Å². The monoisotopic (exact) mass is 305 g/mol. The molecular weight excluding hydrogens is 287 g/mol. The van der Waals surface area contributed by atoms with E-state index in [9.17, 15) is 23.1 Å². The summed E-state index contributed by atoms with van der Waals surface area (Å²) in [7, 11) is 0. The van der Waals surface area contributed by atoms with Crippen LogP contribution in [0.15, 0.2) is 6.20 Å². The number of alkyl halides is 3. The second-order valence-corrected chi connectivity index (χ2v) is 5.26. The van der Waals surface area contributed by atoms with Gasteiger partial charge in [-0.2, -0.15) is 18.3 Å². The van der Waals surface area contributed by atoms with Crippen molar-refractivity contribution in [3.63, 3.8) is 0 Å². The Morgan fingerprint density at radius 3 is 2.71 bits per heavy atom. The van der Waals surface area contributed by atoms with Gasteiger partial charge in [-0.05, 0) is 20.3 Å². The van der Waals surface area contributed by atoms with E-state index in [2.05, 4.69) is 5.10 Å². The summed E-state index contributed by atoms with van der Waals surface area (Å²) < 4.78 is 40.1. The quantitative estimate of drug-likeness (QED) is 0.926. The molecule has 1 amide bonds. The van der Waals surface area contributed by atoms with Crippen LogP contribution in [0.2, 0.25) is 0 Å². The van der Waals surface area contributed by atoms with Crippen LogP contribution < -0.4 is 0 Å². The lowest BCUT2D eigenvalue weighted by Crippen LogP contribution is -2.32. The number of halogens is 3. The summed E-state index contributed by atoms with van der Waals surface area (Å²) in [6, 6.07) is 0. The number of aliphatic hydroxyl groups is 1. The highest BCUT2D eigenvalue weighted by Gasteiger charge is 2.41. The summed E-state index contributed by atoms with van der Waals surface area (Å²) in [5, 5.41) is 13.2. The van der Waals surface area contributed by atoms with E-state index >= 15 is 0 Å². The highest BCUT2D eigenvalue weighted by Crippen LogP contribution is 2.33. The first kappa shape index (κ1) is 15.8. The van der Waals surface area contributed by atoms with E-state index in [1.165, 1.54) is 11.8 Å². The van der Waals surface area contributed by atoms with E-state index in [4.69, 9.17) is 0 Å². The van der Waals surface area contributed by atoms with Crippen LogP contribution in [0.5, 0.6) is 0 Å². The molecule has 118 valence electrons. The zero-order valence-electron chi connectivity index (χ0n) is 11.9. The van der Waals surface area contributed by atoms with Gasteiger partial charge in [0, 0.05) is 25.6 Å². The third-order valence-electron chi connectivity index (χ3n) is 3.83. The van der Waals surface area contributed by atoms with Crippen molar-refractivity contribution in [1.29, 1.82) is 0 Å². The average molecular weight is 305 g/mol. The SMILES string of the molecule is CCn1ncc(C(=O)N2CCC(C(C)O)C2)c1C(F)(F)F. The van der Waals surface area contributed by atoms with Crippen molar-refractivity contribution in [2.75, 3.05) is 13.1 Å². The fourth-order valence-electron chi connectivity index (χ4n) is 2.62.